The first-order valence-electron chi connectivity index (χ1n) is 5.16. The van der Waals surface area contributed by atoms with Gasteiger partial charge < -0.3 is 25.7 Å². The van der Waals surface area contributed by atoms with Crippen molar-refractivity contribution in [1.29, 1.82) is 0 Å². The van der Waals surface area contributed by atoms with Crippen LogP contribution in [-0.4, -0.2) is 75.7 Å². The van der Waals surface area contributed by atoms with Crippen molar-refractivity contribution in [3.8, 4) is 0 Å². The third kappa shape index (κ3) is 8.63. The highest BCUT2D eigenvalue weighted by molar-refractivity contribution is 7.99. The quantitative estimate of drug-likeness (QED) is 0.210. The molecule has 0 aliphatic heterocycles. The molecule has 0 spiro atoms. The predicted molar refractivity (Wildman–Crippen MR) is 69.2 cm³/mol. The Morgan fingerprint density at radius 3 is 2.38 bits per heavy atom. The largest absolute Gasteiger partial charge is 0.395 e. The standard InChI is InChI=1S/C9H21NO4S2/c11-2-1-10-3-7(12)5-16-6-9(14)8(13)4-15/h7-15H,1-6H2. The highest BCUT2D eigenvalue weighted by Crippen LogP contribution is 2.08. The van der Waals surface area contributed by atoms with E-state index in [1.54, 1.807) is 0 Å². The number of hydrogen-bond acceptors (Lipinski definition) is 7. The second-order valence-corrected chi connectivity index (χ2v) is 4.88. The van der Waals surface area contributed by atoms with Gasteiger partial charge in [0.15, 0.2) is 0 Å². The smallest absolute Gasteiger partial charge is 0.0897 e. The number of aliphatic hydroxyl groups is 4. The van der Waals surface area contributed by atoms with Crippen LogP contribution >= 0.6 is 24.4 Å². The van der Waals surface area contributed by atoms with Gasteiger partial charge in [-0.2, -0.15) is 24.4 Å². The number of thioether (sulfide) groups is 1. The second-order valence-electron chi connectivity index (χ2n) is 3.44. The Labute approximate surface area is 106 Å². The molecule has 3 unspecified atom stereocenters. The molecular weight excluding hydrogens is 250 g/mol. The molecule has 0 saturated heterocycles. The zero-order valence-electron chi connectivity index (χ0n) is 9.12. The van der Waals surface area contributed by atoms with Crippen LogP contribution in [0.2, 0.25) is 0 Å². The molecular formula is C9H21NO4S2. The predicted octanol–water partition coefficient (Wildman–Crippen LogP) is -1.69. The van der Waals surface area contributed by atoms with Crippen molar-refractivity contribution in [1.82, 2.24) is 5.32 Å². The Hall–Kier alpha value is 0.500. The van der Waals surface area contributed by atoms with Crippen molar-refractivity contribution in [2.24, 2.45) is 0 Å². The summed E-state index contributed by atoms with van der Waals surface area (Å²) in [7, 11) is 0. The van der Waals surface area contributed by atoms with Gasteiger partial charge in [-0.25, -0.2) is 0 Å². The van der Waals surface area contributed by atoms with Gasteiger partial charge in [-0.1, -0.05) is 0 Å². The summed E-state index contributed by atoms with van der Waals surface area (Å²) in [5, 5.41) is 39.4. The Balaban J connectivity index is 3.42. The molecule has 0 rings (SSSR count). The molecule has 0 aromatic rings. The molecule has 0 aromatic heterocycles. The first kappa shape index (κ1) is 16.5. The molecule has 0 aliphatic rings. The van der Waals surface area contributed by atoms with E-state index in [2.05, 4.69) is 17.9 Å². The molecule has 0 amide bonds. The van der Waals surface area contributed by atoms with Crippen LogP contribution in [-0.2, 0) is 0 Å². The molecule has 16 heavy (non-hydrogen) atoms. The second kappa shape index (κ2) is 10.6. The van der Waals surface area contributed by atoms with Crippen LogP contribution in [0.4, 0.5) is 0 Å². The molecule has 0 aliphatic carbocycles. The molecule has 7 heteroatoms. The van der Waals surface area contributed by atoms with Gasteiger partial charge in [0, 0.05) is 30.3 Å². The molecule has 3 atom stereocenters. The Bertz CT molecular complexity index is 164. The van der Waals surface area contributed by atoms with Gasteiger partial charge >= 0.3 is 0 Å². The van der Waals surface area contributed by atoms with Crippen LogP contribution in [0.5, 0.6) is 0 Å². The normalized spacial score (nSPS) is 17.1. The first-order chi connectivity index (χ1) is 7.61. The first-order valence-corrected chi connectivity index (χ1v) is 6.94. The summed E-state index contributed by atoms with van der Waals surface area (Å²) < 4.78 is 0. The van der Waals surface area contributed by atoms with E-state index in [4.69, 9.17) is 5.11 Å². The fourth-order valence-electron chi connectivity index (χ4n) is 0.964. The van der Waals surface area contributed by atoms with E-state index in [0.29, 0.717) is 24.6 Å². The Morgan fingerprint density at radius 2 is 1.81 bits per heavy atom. The fraction of sp³-hybridized carbons (Fsp3) is 1.00. The minimum Gasteiger partial charge on any atom is -0.395 e. The van der Waals surface area contributed by atoms with Crippen LogP contribution < -0.4 is 5.32 Å². The Kier molecular flexibility index (Phi) is 11.0. The van der Waals surface area contributed by atoms with Crippen molar-refractivity contribution in [2.45, 2.75) is 18.3 Å². The summed E-state index contributed by atoms with van der Waals surface area (Å²) in [4.78, 5) is 0. The van der Waals surface area contributed by atoms with Gasteiger partial charge in [0.1, 0.15) is 0 Å². The topological polar surface area (TPSA) is 93.0 Å². The van der Waals surface area contributed by atoms with E-state index in [0.717, 1.165) is 0 Å². The van der Waals surface area contributed by atoms with Crippen molar-refractivity contribution in [2.75, 3.05) is 37.0 Å². The number of rotatable bonds is 10. The number of thiol groups is 1. The minimum absolute atomic E-state index is 0.0483. The molecule has 98 valence electrons. The van der Waals surface area contributed by atoms with Crippen LogP contribution in [0, 0.1) is 0 Å². The van der Waals surface area contributed by atoms with Crippen LogP contribution in [0.3, 0.4) is 0 Å². The number of nitrogens with one attached hydrogen (secondary N) is 1. The van der Waals surface area contributed by atoms with Crippen molar-refractivity contribution in [3.63, 3.8) is 0 Å². The van der Waals surface area contributed by atoms with Gasteiger partial charge in [-0.3, -0.25) is 0 Å². The van der Waals surface area contributed by atoms with Gasteiger partial charge in [0.2, 0.25) is 0 Å². The summed E-state index contributed by atoms with van der Waals surface area (Å²) >= 11 is 5.25. The monoisotopic (exact) mass is 271 g/mol. The number of hydrogen-bond donors (Lipinski definition) is 6. The lowest BCUT2D eigenvalue weighted by atomic mass is 10.3. The van der Waals surface area contributed by atoms with E-state index in [-0.39, 0.29) is 12.4 Å². The van der Waals surface area contributed by atoms with Crippen molar-refractivity contribution < 1.29 is 20.4 Å². The number of aliphatic hydroxyl groups excluding tert-OH is 4. The fourth-order valence-corrected chi connectivity index (χ4v) is 2.20. The lowest BCUT2D eigenvalue weighted by molar-refractivity contribution is 0.0501. The summed E-state index contributed by atoms with van der Waals surface area (Å²) in [6, 6.07) is 0. The maximum atomic E-state index is 9.46. The summed E-state index contributed by atoms with van der Waals surface area (Å²) in [5.74, 6) is 1.08. The van der Waals surface area contributed by atoms with Crippen LogP contribution in [0.1, 0.15) is 0 Å². The van der Waals surface area contributed by atoms with E-state index < -0.39 is 18.3 Å². The van der Waals surface area contributed by atoms with Crippen LogP contribution in [0.25, 0.3) is 0 Å². The van der Waals surface area contributed by atoms with E-state index in [9.17, 15) is 15.3 Å². The Morgan fingerprint density at radius 1 is 1.12 bits per heavy atom. The molecule has 5 N–H and O–H groups in total. The van der Waals surface area contributed by atoms with E-state index in [1.807, 2.05) is 0 Å². The minimum atomic E-state index is -0.819. The van der Waals surface area contributed by atoms with Crippen molar-refractivity contribution in [3.05, 3.63) is 0 Å². The third-order valence-corrected chi connectivity index (χ3v) is 3.47. The zero-order valence-corrected chi connectivity index (χ0v) is 10.8. The van der Waals surface area contributed by atoms with Gasteiger partial charge in [0.25, 0.3) is 0 Å². The molecule has 0 fully saturated rings. The molecule has 0 bridgehead atoms. The average Bonchev–Trinajstić information content (AvgIpc) is 2.28. The average molecular weight is 271 g/mol. The summed E-state index contributed by atoms with van der Waals surface area (Å²) in [5.41, 5.74) is 0. The van der Waals surface area contributed by atoms with Gasteiger partial charge in [0.05, 0.1) is 24.9 Å². The van der Waals surface area contributed by atoms with Crippen molar-refractivity contribution >= 4 is 24.4 Å². The van der Waals surface area contributed by atoms with Gasteiger partial charge in [-0.15, -0.1) is 0 Å². The highest BCUT2D eigenvalue weighted by Gasteiger charge is 2.15. The van der Waals surface area contributed by atoms with Gasteiger partial charge in [-0.05, 0) is 0 Å². The molecule has 0 heterocycles. The molecule has 0 aromatic carbocycles. The zero-order chi connectivity index (χ0) is 12.4. The third-order valence-electron chi connectivity index (χ3n) is 1.90. The molecule has 5 nitrogen and oxygen atoms in total. The highest BCUT2D eigenvalue weighted by atomic mass is 32.2. The van der Waals surface area contributed by atoms with E-state index in [1.165, 1.54) is 11.8 Å². The summed E-state index contributed by atoms with van der Waals surface area (Å²) in [6.45, 7) is 0.925. The van der Waals surface area contributed by atoms with Crippen LogP contribution in [0.15, 0.2) is 0 Å². The molecule has 0 saturated carbocycles. The SMILES string of the molecule is OCCNCC(O)CSCC(O)C(O)CS. The van der Waals surface area contributed by atoms with E-state index >= 15 is 0 Å². The maximum Gasteiger partial charge on any atom is 0.0897 e. The lowest BCUT2D eigenvalue weighted by Crippen LogP contribution is -2.32. The summed E-state index contributed by atoms with van der Waals surface area (Å²) in [6.07, 6.45) is -2.14. The molecule has 0 radical (unpaired) electrons. The lowest BCUT2D eigenvalue weighted by Gasteiger charge is -2.16. The maximum absolute atomic E-state index is 9.46.